The van der Waals surface area contributed by atoms with E-state index in [9.17, 15) is 4.79 Å². The van der Waals surface area contributed by atoms with Crippen LogP contribution in [-0.2, 0) is 14.3 Å². The van der Waals surface area contributed by atoms with Crippen molar-refractivity contribution in [3.8, 4) is 0 Å². The Bertz CT molecular complexity index is 659. The van der Waals surface area contributed by atoms with Gasteiger partial charge in [-0.15, -0.1) is 0 Å². The summed E-state index contributed by atoms with van der Waals surface area (Å²) < 4.78 is 11.3. The van der Waals surface area contributed by atoms with Crippen molar-refractivity contribution in [1.82, 2.24) is 4.90 Å². The van der Waals surface area contributed by atoms with E-state index in [0.29, 0.717) is 5.76 Å². The van der Waals surface area contributed by atoms with Crippen LogP contribution >= 0.6 is 0 Å². The normalized spacial score (nSPS) is 23.1. The van der Waals surface area contributed by atoms with Gasteiger partial charge in [0.1, 0.15) is 0 Å². The fourth-order valence-electron chi connectivity index (χ4n) is 3.31. The lowest BCUT2D eigenvalue weighted by molar-refractivity contribution is -0.148. The zero-order valence-electron chi connectivity index (χ0n) is 15.4. The van der Waals surface area contributed by atoms with E-state index in [-0.39, 0.29) is 5.78 Å². The molecule has 0 saturated carbocycles. The third kappa shape index (κ3) is 3.91. The predicted molar refractivity (Wildman–Crippen MR) is 101 cm³/mol. The van der Waals surface area contributed by atoms with Crippen molar-refractivity contribution in [2.75, 3.05) is 27.3 Å². The highest BCUT2D eigenvalue weighted by atomic mass is 16.5. The van der Waals surface area contributed by atoms with Crippen molar-refractivity contribution in [2.45, 2.75) is 19.6 Å². The Labute approximate surface area is 150 Å². The molecule has 4 nitrogen and oxygen atoms in total. The number of methoxy groups -OCH3 is 2. The molecule has 2 unspecified atom stereocenters. The van der Waals surface area contributed by atoms with Crippen LogP contribution in [0.1, 0.15) is 19.4 Å². The fourth-order valence-corrected chi connectivity index (χ4v) is 3.31. The lowest BCUT2D eigenvalue weighted by Gasteiger charge is -2.44. The third-order valence-corrected chi connectivity index (χ3v) is 4.62. The number of ether oxygens (including phenoxy) is 2. The SMILES string of the molecule is CCN(CC)C1(OC)C=CC=CC1C(=O)C(=Cc1ccccc1)OC. The van der Waals surface area contributed by atoms with E-state index in [1.807, 2.05) is 54.6 Å². The minimum Gasteiger partial charge on any atom is -0.493 e. The number of Topliss-reactive ketones (excluding diaryl/α,β-unsaturated/α-hetero) is 1. The van der Waals surface area contributed by atoms with E-state index in [4.69, 9.17) is 9.47 Å². The average molecular weight is 341 g/mol. The number of likely N-dealkylation sites (N-methyl/N-ethyl adjacent to an activating group) is 1. The molecule has 0 fully saturated rings. The van der Waals surface area contributed by atoms with Crippen LogP contribution in [0.5, 0.6) is 0 Å². The van der Waals surface area contributed by atoms with Crippen molar-refractivity contribution < 1.29 is 14.3 Å². The number of benzene rings is 1. The number of hydrogen-bond acceptors (Lipinski definition) is 4. The van der Waals surface area contributed by atoms with Crippen molar-refractivity contribution in [3.05, 3.63) is 66.0 Å². The Balaban J connectivity index is 2.41. The van der Waals surface area contributed by atoms with Gasteiger partial charge < -0.3 is 9.47 Å². The number of ketones is 1. The molecule has 1 aromatic rings. The van der Waals surface area contributed by atoms with E-state index in [2.05, 4.69) is 18.7 Å². The standard InChI is InChI=1S/C21H27NO3/c1-5-22(6-2)21(25-4)15-11-10-14-18(21)20(23)19(24-3)16-17-12-8-7-9-13-17/h7-16,18H,5-6H2,1-4H3. The molecule has 0 amide bonds. The molecule has 0 heterocycles. The third-order valence-electron chi connectivity index (χ3n) is 4.62. The van der Waals surface area contributed by atoms with Gasteiger partial charge in [-0.2, -0.15) is 0 Å². The van der Waals surface area contributed by atoms with Crippen LogP contribution in [0.4, 0.5) is 0 Å². The van der Waals surface area contributed by atoms with Gasteiger partial charge in [0.2, 0.25) is 5.78 Å². The number of allylic oxidation sites excluding steroid dienone is 3. The van der Waals surface area contributed by atoms with Crippen LogP contribution in [-0.4, -0.2) is 43.7 Å². The quantitative estimate of drug-likeness (QED) is 0.411. The summed E-state index contributed by atoms with van der Waals surface area (Å²) in [5.74, 6) is -0.247. The molecule has 134 valence electrons. The molecule has 0 spiro atoms. The molecular formula is C21H27NO3. The first-order chi connectivity index (χ1) is 12.1. The lowest BCUT2D eigenvalue weighted by atomic mass is 9.84. The second-order valence-corrected chi connectivity index (χ2v) is 5.84. The van der Waals surface area contributed by atoms with Gasteiger partial charge in [0.15, 0.2) is 11.5 Å². The first kappa shape index (κ1) is 19.2. The summed E-state index contributed by atoms with van der Waals surface area (Å²) in [5, 5.41) is 0. The van der Waals surface area contributed by atoms with Gasteiger partial charge in [0, 0.05) is 7.11 Å². The lowest BCUT2D eigenvalue weighted by Crippen LogP contribution is -2.56. The Hall–Kier alpha value is -2.17. The van der Waals surface area contributed by atoms with Gasteiger partial charge in [0.25, 0.3) is 0 Å². The minimum atomic E-state index is -0.802. The molecule has 0 aliphatic heterocycles. The number of nitrogens with zero attached hydrogens (tertiary/aromatic N) is 1. The Morgan fingerprint density at radius 2 is 1.84 bits per heavy atom. The molecule has 25 heavy (non-hydrogen) atoms. The zero-order chi connectivity index (χ0) is 18.3. The molecular weight excluding hydrogens is 314 g/mol. The van der Waals surface area contributed by atoms with Crippen molar-refractivity contribution in [1.29, 1.82) is 0 Å². The molecule has 4 heteroatoms. The first-order valence-corrected chi connectivity index (χ1v) is 8.64. The number of hydrogen-bond donors (Lipinski definition) is 0. The smallest absolute Gasteiger partial charge is 0.208 e. The average Bonchev–Trinajstić information content (AvgIpc) is 2.67. The summed E-state index contributed by atoms with van der Waals surface area (Å²) in [7, 11) is 3.18. The maximum Gasteiger partial charge on any atom is 0.208 e. The maximum absolute atomic E-state index is 13.3. The Kier molecular flexibility index (Phi) is 6.73. The van der Waals surface area contributed by atoms with E-state index >= 15 is 0 Å². The van der Waals surface area contributed by atoms with Crippen molar-refractivity contribution in [3.63, 3.8) is 0 Å². The molecule has 0 radical (unpaired) electrons. The molecule has 1 aliphatic carbocycles. The second kappa shape index (κ2) is 8.79. The van der Waals surface area contributed by atoms with Crippen LogP contribution in [0.15, 0.2) is 60.4 Å². The van der Waals surface area contributed by atoms with Crippen LogP contribution in [0.25, 0.3) is 6.08 Å². The highest BCUT2D eigenvalue weighted by Gasteiger charge is 2.45. The summed E-state index contributed by atoms with van der Waals surface area (Å²) in [5.41, 5.74) is 0.123. The zero-order valence-corrected chi connectivity index (χ0v) is 15.4. The molecule has 0 bridgehead atoms. The summed E-state index contributed by atoms with van der Waals surface area (Å²) in [6, 6.07) is 9.69. The highest BCUT2D eigenvalue weighted by molar-refractivity contribution is 6.01. The van der Waals surface area contributed by atoms with Crippen molar-refractivity contribution >= 4 is 11.9 Å². The molecule has 0 aromatic heterocycles. The van der Waals surface area contributed by atoms with Crippen LogP contribution in [0, 0.1) is 5.92 Å². The summed E-state index contributed by atoms with van der Waals surface area (Å²) in [4.78, 5) is 15.4. The molecule has 1 aromatic carbocycles. The van der Waals surface area contributed by atoms with Crippen LogP contribution < -0.4 is 0 Å². The predicted octanol–water partition coefficient (Wildman–Crippen LogP) is 3.67. The second-order valence-electron chi connectivity index (χ2n) is 5.84. The number of carbonyl (C=O) groups excluding carboxylic acids is 1. The summed E-state index contributed by atoms with van der Waals surface area (Å²) in [6.45, 7) is 5.68. The van der Waals surface area contributed by atoms with Gasteiger partial charge in [-0.05, 0) is 30.8 Å². The van der Waals surface area contributed by atoms with Crippen molar-refractivity contribution in [2.24, 2.45) is 5.92 Å². The van der Waals surface area contributed by atoms with Crippen LogP contribution in [0.3, 0.4) is 0 Å². The molecule has 1 aliphatic rings. The van der Waals surface area contributed by atoms with Gasteiger partial charge >= 0.3 is 0 Å². The topological polar surface area (TPSA) is 38.8 Å². The molecule has 2 atom stereocenters. The van der Waals surface area contributed by atoms with Gasteiger partial charge in [0.05, 0.1) is 13.0 Å². The van der Waals surface area contributed by atoms with E-state index < -0.39 is 11.6 Å². The van der Waals surface area contributed by atoms with E-state index in [1.54, 1.807) is 13.2 Å². The monoisotopic (exact) mass is 341 g/mol. The van der Waals surface area contributed by atoms with E-state index in [0.717, 1.165) is 18.7 Å². The Morgan fingerprint density at radius 3 is 2.40 bits per heavy atom. The first-order valence-electron chi connectivity index (χ1n) is 8.64. The highest BCUT2D eigenvalue weighted by Crippen LogP contribution is 2.34. The minimum absolute atomic E-state index is 0.0966. The largest absolute Gasteiger partial charge is 0.493 e. The fraction of sp³-hybridized carbons (Fsp3) is 0.381. The van der Waals surface area contributed by atoms with Gasteiger partial charge in [-0.1, -0.05) is 62.4 Å². The maximum atomic E-state index is 13.3. The summed E-state index contributed by atoms with van der Waals surface area (Å²) >= 11 is 0. The summed E-state index contributed by atoms with van der Waals surface area (Å²) in [6.07, 6.45) is 9.44. The van der Waals surface area contributed by atoms with Crippen LogP contribution in [0.2, 0.25) is 0 Å². The molecule has 2 rings (SSSR count). The van der Waals surface area contributed by atoms with Gasteiger partial charge in [-0.3, -0.25) is 9.69 Å². The molecule has 0 N–H and O–H groups in total. The molecule has 0 saturated heterocycles. The number of carbonyl (C=O) groups is 1. The van der Waals surface area contributed by atoms with Gasteiger partial charge in [-0.25, -0.2) is 0 Å². The van der Waals surface area contributed by atoms with E-state index in [1.165, 1.54) is 7.11 Å². The number of rotatable bonds is 8. The Morgan fingerprint density at radius 1 is 1.16 bits per heavy atom.